The Morgan fingerprint density at radius 3 is 1.54 bits per heavy atom. The first kappa shape index (κ1) is 43.5. The van der Waals surface area contributed by atoms with Gasteiger partial charge < -0.3 is 14.2 Å². The third-order valence-electron chi connectivity index (χ3n) is 15.7. The molecular formula is C67H59BN2O. The van der Waals surface area contributed by atoms with Gasteiger partial charge in [0.2, 0.25) is 0 Å². The lowest BCUT2D eigenvalue weighted by atomic mass is 9.33. The number of hydrogen-bond acceptors (Lipinski definition) is 3. The molecule has 0 spiro atoms. The summed E-state index contributed by atoms with van der Waals surface area (Å²) in [5, 5.41) is 2.28. The molecule has 10 aromatic rings. The van der Waals surface area contributed by atoms with Crippen LogP contribution in [0.15, 0.2) is 186 Å². The number of rotatable bonds is 4. The predicted molar refractivity (Wildman–Crippen MR) is 303 cm³/mol. The number of hydrogen-bond donors (Lipinski definition) is 0. The van der Waals surface area contributed by atoms with E-state index in [2.05, 4.69) is 254 Å². The largest absolute Gasteiger partial charge is 0.456 e. The molecule has 0 radical (unpaired) electrons. The summed E-state index contributed by atoms with van der Waals surface area (Å²) in [6.45, 7) is 21.1. The second-order valence-electron chi connectivity index (χ2n) is 23.4. The Bertz CT molecular complexity index is 3830. The summed E-state index contributed by atoms with van der Waals surface area (Å²) in [6, 6.07) is 69.0. The molecule has 0 saturated carbocycles. The Morgan fingerprint density at radius 1 is 0.408 bits per heavy atom. The standard InChI is InChI=1S/C67H59BN2O/c1-65(2,3)45-30-32-54-56(37-45)69(48-22-14-19-42(35-48)51-26-16-21-44-34-41-18-10-11-24-50(41)62(44)51)58-39-47(67(7,8)9)40-59-64(58)68(54)55-33-31-46(66(4,5)6)38-57(55)70(59)49-23-15-20-43(36-49)52-27-17-29-61-63(52)53-25-12-13-28-60(53)71-61/h10-33,35-40H,34H2,1-9H3. The lowest BCUT2D eigenvalue weighted by Crippen LogP contribution is -2.61. The van der Waals surface area contributed by atoms with Gasteiger partial charge in [0.15, 0.2) is 0 Å². The molecule has 1 aromatic heterocycles. The van der Waals surface area contributed by atoms with E-state index in [0.717, 1.165) is 45.3 Å². The highest BCUT2D eigenvalue weighted by molar-refractivity contribution is 7.00. The van der Waals surface area contributed by atoms with E-state index < -0.39 is 0 Å². The predicted octanol–water partition coefficient (Wildman–Crippen LogP) is 16.5. The molecule has 0 bridgehead atoms. The minimum Gasteiger partial charge on any atom is -0.456 e. The van der Waals surface area contributed by atoms with Crippen LogP contribution in [0.3, 0.4) is 0 Å². The SMILES string of the molecule is CC(C)(C)c1ccc2c(c1)N(c1cccc(-c3cccc4c3-c3ccccc3C4)c1)c1cc(C(C)(C)C)cc3c1B2c1ccc(C(C)(C)C)cc1N3c1cccc(-c2cccc3oc4ccccc4c23)c1. The second kappa shape index (κ2) is 15.5. The monoisotopic (exact) mass is 918 g/mol. The molecule has 3 aliphatic rings. The van der Waals surface area contributed by atoms with Crippen LogP contribution >= 0.6 is 0 Å². The molecule has 0 N–H and O–H groups in total. The van der Waals surface area contributed by atoms with E-state index in [1.54, 1.807) is 0 Å². The maximum absolute atomic E-state index is 6.44. The van der Waals surface area contributed by atoms with E-state index in [4.69, 9.17) is 4.42 Å². The summed E-state index contributed by atoms with van der Waals surface area (Å²) in [4.78, 5) is 5.21. The smallest absolute Gasteiger partial charge is 0.252 e. The van der Waals surface area contributed by atoms with Crippen molar-refractivity contribution in [1.29, 1.82) is 0 Å². The van der Waals surface area contributed by atoms with E-state index in [0.29, 0.717) is 0 Å². The molecule has 2 aliphatic heterocycles. The van der Waals surface area contributed by atoms with Crippen molar-refractivity contribution in [2.24, 2.45) is 0 Å². The van der Waals surface area contributed by atoms with E-state index >= 15 is 0 Å². The van der Waals surface area contributed by atoms with Crippen LogP contribution < -0.4 is 26.2 Å². The van der Waals surface area contributed by atoms with Gasteiger partial charge in [-0.05, 0) is 161 Å². The van der Waals surface area contributed by atoms with Gasteiger partial charge in [0.05, 0.1) is 0 Å². The molecule has 3 nitrogen and oxygen atoms in total. The van der Waals surface area contributed by atoms with Crippen LogP contribution in [0.4, 0.5) is 34.1 Å². The van der Waals surface area contributed by atoms with E-state index in [1.807, 2.05) is 0 Å². The zero-order chi connectivity index (χ0) is 48.7. The molecule has 9 aromatic carbocycles. The average molecular weight is 919 g/mol. The number of nitrogens with zero attached hydrogens (tertiary/aromatic N) is 2. The first-order chi connectivity index (χ1) is 34.1. The number of benzene rings is 9. The van der Waals surface area contributed by atoms with Gasteiger partial charge in [-0.3, -0.25) is 0 Å². The van der Waals surface area contributed by atoms with Crippen LogP contribution in [-0.2, 0) is 22.7 Å². The molecule has 13 rings (SSSR count). The van der Waals surface area contributed by atoms with Gasteiger partial charge in [-0.25, -0.2) is 0 Å². The van der Waals surface area contributed by atoms with Crippen molar-refractivity contribution in [2.45, 2.75) is 85.0 Å². The van der Waals surface area contributed by atoms with E-state index in [9.17, 15) is 0 Å². The molecule has 71 heavy (non-hydrogen) atoms. The fourth-order valence-corrected chi connectivity index (χ4v) is 12.0. The van der Waals surface area contributed by atoms with Crippen molar-refractivity contribution >= 4 is 79.2 Å². The number of anilines is 6. The number of furan rings is 1. The first-order valence-electron chi connectivity index (χ1n) is 25.5. The highest BCUT2D eigenvalue weighted by Crippen LogP contribution is 2.50. The summed E-state index contributed by atoms with van der Waals surface area (Å²) in [7, 11) is 0. The summed E-state index contributed by atoms with van der Waals surface area (Å²) in [5.41, 5.74) is 27.0. The summed E-state index contributed by atoms with van der Waals surface area (Å²) < 4.78 is 6.44. The average Bonchev–Trinajstić information content (AvgIpc) is 3.94. The second-order valence-corrected chi connectivity index (χ2v) is 23.4. The molecule has 346 valence electrons. The Kier molecular flexibility index (Phi) is 9.47. The molecular weight excluding hydrogens is 860 g/mol. The van der Waals surface area contributed by atoms with Crippen molar-refractivity contribution in [3.8, 4) is 33.4 Å². The Hall–Kier alpha value is -7.56. The minimum absolute atomic E-state index is 0.000794. The van der Waals surface area contributed by atoms with Crippen molar-refractivity contribution < 1.29 is 4.42 Å². The topological polar surface area (TPSA) is 19.6 Å². The van der Waals surface area contributed by atoms with Gasteiger partial charge in [0.25, 0.3) is 6.71 Å². The van der Waals surface area contributed by atoms with Crippen LogP contribution in [0.2, 0.25) is 0 Å². The molecule has 3 heterocycles. The maximum Gasteiger partial charge on any atom is 0.252 e. The lowest BCUT2D eigenvalue weighted by molar-refractivity contribution is 0.590. The molecule has 1 aliphatic carbocycles. The van der Waals surface area contributed by atoms with Crippen molar-refractivity contribution in [3.63, 3.8) is 0 Å². The van der Waals surface area contributed by atoms with Gasteiger partial charge in [0, 0.05) is 44.9 Å². The van der Waals surface area contributed by atoms with Crippen LogP contribution in [0.25, 0.3) is 55.3 Å². The fourth-order valence-electron chi connectivity index (χ4n) is 12.0. The van der Waals surface area contributed by atoms with Gasteiger partial charge >= 0.3 is 0 Å². The summed E-state index contributed by atoms with van der Waals surface area (Å²) in [6.07, 6.45) is 0.968. The van der Waals surface area contributed by atoms with Crippen LogP contribution in [0, 0.1) is 0 Å². The molecule has 0 fully saturated rings. The summed E-state index contributed by atoms with van der Waals surface area (Å²) >= 11 is 0. The zero-order valence-corrected chi connectivity index (χ0v) is 42.4. The zero-order valence-electron chi connectivity index (χ0n) is 42.4. The van der Waals surface area contributed by atoms with Crippen molar-refractivity contribution in [2.75, 3.05) is 9.80 Å². The van der Waals surface area contributed by atoms with Gasteiger partial charge in [0.1, 0.15) is 11.2 Å². The van der Waals surface area contributed by atoms with Gasteiger partial charge in [-0.15, -0.1) is 0 Å². The van der Waals surface area contributed by atoms with Crippen LogP contribution in [-0.4, -0.2) is 6.71 Å². The van der Waals surface area contributed by atoms with Gasteiger partial charge in [-0.2, -0.15) is 0 Å². The Labute approximate surface area is 419 Å². The number of fused-ring (bicyclic) bond motifs is 10. The molecule has 0 amide bonds. The van der Waals surface area contributed by atoms with E-state index in [1.165, 1.54) is 94.8 Å². The lowest BCUT2D eigenvalue weighted by Gasteiger charge is -2.45. The molecule has 0 atom stereocenters. The van der Waals surface area contributed by atoms with Crippen LogP contribution in [0.1, 0.15) is 90.1 Å². The van der Waals surface area contributed by atoms with E-state index in [-0.39, 0.29) is 23.0 Å². The first-order valence-corrected chi connectivity index (χ1v) is 25.5. The third-order valence-corrected chi connectivity index (χ3v) is 15.7. The van der Waals surface area contributed by atoms with Crippen molar-refractivity contribution in [3.05, 3.63) is 210 Å². The Morgan fingerprint density at radius 2 is 0.901 bits per heavy atom. The van der Waals surface area contributed by atoms with Crippen molar-refractivity contribution in [1.82, 2.24) is 0 Å². The molecule has 4 heteroatoms. The highest BCUT2D eigenvalue weighted by Gasteiger charge is 2.45. The minimum atomic E-state index is -0.154. The third kappa shape index (κ3) is 6.85. The normalized spacial score (nSPS) is 13.8. The maximum atomic E-state index is 6.44. The summed E-state index contributed by atoms with van der Waals surface area (Å²) in [5.74, 6) is 0. The Balaban J connectivity index is 1.08. The fraction of sp³-hybridized carbons (Fsp3) is 0.194. The number of para-hydroxylation sites is 1. The highest BCUT2D eigenvalue weighted by atomic mass is 16.3. The van der Waals surface area contributed by atoms with Gasteiger partial charge in [-0.1, -0.05) is 184 Å². The molecule has 0 unspecified atom stereocenters. The molecule has 0 saturated heterocycles. The van der Waals surface area contributed by atoms with Crippen LogP contribution in [0.5, 0.6) is 0 Å². The quantitative estimate of drug-likeness (QED) is 0.164.